The van der Waals surface area contributed by atoms with Gasteiger partial charge in [-0.25, -0.2) is 0 Å². The fourth-order valence-corrected chi connectivity index (χ4v) is 1.33. The minimum Gasteiger partial charge on any atom is -0.385 e. The maximum absolute atomic E-state index is 3.90. The van der Waals surface area contributed by atoms with Crippen LogP contribution in [0.1, 0.15) is 11.1 Å². The van der Waals surface area contributed by atoms with Crippen LogP contribution in [0.5, 0.6) is 0 Å². The second-order valence-electron chi connectivity index (χ2n) is 2.55. The second kappa shape index (κ2) is 1.90. The highest BCUT2D eigenvalue weighted by atomic mass is 14.9. The molecule has 0 aromatic carbocycles. The van der Waals surface area contributed by atoms with Gasteiger partial charge in [-0.1, -0.05) is 6.58 Å². The number of aromatic nitrogens is 1. The van der Waals surface area contributed by atoms with Crippen molar-refractivity contribution < 1.29 is 0 Å². The minimum absolute atomic E-state index is 1.02. The summed E-state index contributed by atoms with van der Waals surface area (Å²) < 4.78 is 0. The summed E-state index contributed by atoms with van der Waals surface area (Å²) in [6.45, 7) is 4.91. The largest absolute Gasteiger partial charge is 0.385 e. The van der Waals surface area contributed by atoms with Crippen molar-refractivity contribution >= 4 is 5.70 Å². The number of hydrogen-bond donors (Lipinski definition) is 2. The van der Waals surface area contributed by atoms with Crippen LogP contribution in [0, 0.1) is 0 Å². The molecule has 0 bridgehead atoms. The Balaban J connectivity index is 2.50. The topological polar surface area (TPSA) is 27.8 Å². The Labute approximate surface area is 60.0 Å². The van der Waals surface area contributed by atoms with Gasteiger partial charge in [-0.05, 0) is 12.0 Å². The van der Waals surface area contributed by atoms with E-state index in [0.29, 0.717) is 0 Å². The third-order valence-corrected chi connectivity index (χ3v) is 1.89. The number of hydrogen-bond acceptors (Lipinski definition) is 1. The SMILES string of the molecule is C=C1NCCc2c[nH]cc21. The fraction of sp³-hybridized carbons (Fsp3) is 0.250. The molecule has 1 aromatic heterocycles. The molecule has 0 unspecified atom stereocenters. The van der Waals surface area contributed by atoms with Gasteiger partial charge in [0.2, 0.25) is 0 Å². The Morgan fingerprint density at radius 2 is 2.30 bits per heavy atom. The van der Waals surface area contributed by atoms with Crippen molar-refractivity contribution in [3.05, 3.63) is 30.1 Å². The first-order valence-electron chi connectivity index (χ1n) is 3.47. The molecule has 2 rings (SSSR count). The van der Waals surface area contributed by atoms with E-state index in [2.05, 4.69) is 16.9 Å². The summed E-state index contributed by atoms with van der Waals surface area (Å²) in [4.78, 5) is 3.07. The summed E-state index contributed by atoms with van der Waals surface area (Å²) in [6.07, 6.45) is 5.14. The first-order valence-corrected chi connectivity index (χ1v) is 3.47. The van der Waals surface area contributed by atoms with E-state index in [-0.39, 0.29) is 0 Å². The summed E-state index contributed by atoms with van der Waals surface area (Å²) in [5.41, 5.74) is 3.66. The molecule has 10 heavy (non-hydrogen) atoms. The normalized spacial score (nSPS) is 16.2. The number of rotatable bonds is 0. The van der Waals surface area contributed by atoms with Crippen molar-refractivity contribution in [1.29, 1.82) is 0 Å². The highest BCUT2D eigenvalue weighted by molar-refractivity contribution is 5.65. The van der Waals surface area contributed by atoms with E-state index < -0.39 is 0 Å². The summed E-state index contributed by atoms with van der Waals surface area (Å²) >= 11 is 0. The Morgan fingerprint density at radius 1 is 1.40 bits per heavy atom. The lowest BCUT2D eigenvalue weighted by Gasteiger charge is -2.15. The molecule has 1 aromatic rings. The summed E-state index contributed by atoms with van der Waals surface area (Å²) in [5, 5.41) is 3.21. The highest BCUT2D eigenvalue weighted by Crippen LogP contribution is 2.18. The molecular formula is C8H10N2. The molecular weight excluding hydrogens is 124 g/mol. The maximum Gasteiger partial charge on any atom is 0.0358 e. The van der Waals surface area contributed by atoms with Gasteiger partial charge in [0.15, 0.2) is 0 Å². The number of fused-ring (bicyclic) bond motifs is 1. The summed E-state index contributed by atoms with van der Waals surface area (Å²) in [6, 6.07) is 0. The van der Waals surface area contributed by atoms with Crippen molar-refractivity contribution in [2.75, 3.05) is 6.54 Å². The molecule has 0 amide bonds. The predicted molar refractivity (Wildman–Crippen MR) is 41.5 cm³/mol. The van der Waals surface area contributed by atoms with Gasteiger partial charge in [0.05, 0.1) is 0 Å². The zero-order valence-electron chi connectivity index (χ0n) is 5.78. The molecule has 0 atom stereocenters. The molecule has 1 aliphatic heterocycles. The lowest BCUT2D eigenvalue weighted by molar-refractivity contribution is 0.820. The van der Waals surface area contributed by atoms with Crippen molar-refractivity contribution in [3.8, 4) is 0 Å². The van der Waals surface area contributed by atoms with E-state index in [9.17, 15) is 0 Å². The molecule has 52 valence electrons. The van der Waals surface area contributed by atoms with Crippen molar-refractivity contribution in [1.82, 2.24) is 10.3 Å². The summed E-state index contributed by atoms with van der Waals surface area (Å²) in [7, 11) is 0. The van der Waals surface area contributed by atoms with Crippen LogP contribution >= 0.6 is 0 Å². The molecule has 2 nitrogen and oxygen atoms in total. The molecule has 0 fully saturated rings. The lowest BCUT2D eigenvalue weighted by atomic mass is 10.1. The van der Waals surface area contributed by atoms with Gasteiger partial charge >= 0.3 is 0 Å². The average Bonchev–Trinajstić information content (AvgIpc) is 2.36. The van der Waals surface area contributed by atoms with Gasteiger partial charge < -0.3 is 10.3 Å². The van der Waals surface area contributed by atoms with Crippen molar-refractivity contribution in [2.45, 2.75) is 6.42 Å². The molecule has 2 heteroatoms. The smallest absolute Gasteiger partial charge is 0.0358 e. The van der Waals surface area contributed by atoms with Crippen LogP contribution in [0.3, 0.4) is 0 Å². The maximum atomic E-state index is 3.90. The molecule has 2 heterocycles. The van der Waals surface area contributed by atoms with Gasteiger partial charge in [-0.15, -0.1) is 0 Å². The number of aromatic amines is 1. The Kier molecular flexibility index (Phi) is 1.07. The third-order valence-electron chi connectivity index (χ3n) is 1.89. The molecule has 1 aliphatic rings. The van der Waals surface area contributed by atoms with Crippen LogP contribution in [-0.2, 0) is 6.42 Å². The standard InChI is InChI=1S/C8H10N2/c1-6-8-5-9-4-7(8)2-3-10-6/h4-5,9-10H,1-3H2. The van der Waals surface area contributed by atoms with Gasteiger partial charge in [-0.3, -0.25) is 0 Å². The lowest BCUT2D eigenvalue weighted by Crippen LogP contribution is -2.20. The average molecular weight is 134 g/mol. The van der Waals surface area contributed by atoms with Gasteiger partial charge in [-0.2, -0.15) is 0 Å². The van der Waals surface area contributed by atoms with Gasteiger partial charge in [0.25, 0.3) is 0 Å². The second-order valence-corrected chi connectivity index (χ2v) is 2.55. The van der Waals surface area contributed by atoms with Crippen molar-refractivity contribution in [3.63, 3.8) is 0 Å². The zero-order valence-corrected chi connectivity index (χ0v) is 5.78. The van der Waals surface area contributed by atoms with Crippen LogP contribution in [0.25, 0.3) is 5.70 Å². The third kappa shape index (κ3) is 0.652. The first-order chi connectivity index (χ1) is 4.88. The zero-order chi connectivity index (χ0) is 6.97. The van der Waals surface area contributed by atoms with Crippen LogP contribution in [0.4, 0.5) is 0 Å². The molecule has 0 radical (unpaired) electrons. The van der Waals surface area contributed by atoms with Crippen LogP contribution in [0.15, 0.2) is 19.0 Å². The Hall–Kier alpha value is -1.18. The molecule has 2 N–H and O–H groups in total. The van der Waals surface area contributed by atoms with Gasteiger partial charge in [0.1, 0.15) is 0 Å². The van der Waals surface area contributed by atoms with Crippen LogP contribution in [0.2, 0.25) is 0 Å². The number of H-pyrrole nitrogens is 1. The Morgan fingerprint density at radius 3 is 3.10 bits per heavy atom. The predicted octanol–water partition coefficient (Wildman–Crippen LogP) is 1.13. The van der Waals surface area contributed by atoms with Gasteiger partial charge in [0, 0.05) is 30.2 Å². The Bertz CT molecular complexity index is 260. The van der Waals surface area contributed by atoms with Crippen LogP contribution in [-0.4, -0.2) is 11.5 Å². The molecule has 0 saturated carbocycles. The van der Waals surface area contributed by atoms with E-state index in [1.165, 1.54) is 11.1 Å². The monoisotopic (exact) mass is 134 g/mol. The summed E-state index contributed by atoms with van der Waals surface area (Å²) in [5.74, 6) is 0. The fourth-order valence-electron chi connectivity index (χ4n) is 1.33. The minimum atomic E-state index is 1.02. The molecule has 0 spiro atoms. The van der Waals surface area contributed by atoms with E-state index in [0.717, 1.165) is 18.7 Å². The van der Waals surface area contributed by atoms with Crippen LogP contribution < -0.4 is 5.32 Å². The molecule has 0 saturated heterocycles. The highest BCUT2D eigenvalue weighted by Gasteiger charge is 2.10. The quantitative estimate of drug-likeness (QED) is 0.547. The van der Waals surface area contributed by atoms with Crippen molar-refractivity contribution in [2.24, 2.45) is 0 Å². The first kappa shape index (κ1) is 5.59. The van der Waals surface area contributed by atoms with E-state index >= 15 is 0 Å². The number of nitrogens with one attached hydrogen (secondary N) is 2. The van der Waals surface area contributed by atoms with E-state index in [1.807, 2.05) is 12.4 Å². The molecule has 0 aliphatic carbocycles. The van der Waals surface area contributed by atoms with E-state index in [4.69, 9.17) is 0 Å². The van der Waals surface area contributed by atoms with E-state index in [1.54, 1.807) is 0 Å².